The van der Waals surface area contributed by atoms with Gasteiger partial charge in [-0.1, -0.05) is 38.1 Å². The summed E-state index contributed by atoms with van der Waals surface area (Å²) >= 11 is 0. The number of fused-ring (bicyclic) bond motifs is 1. The summed E-state index contributed by atoms with van der Waals surface area (Å²) in [5.41, 5.74) is 3.98. The molecule has 0 amide bonds. The fourth-order valence-electron chi connectivity index (χ4n) is 4.55. The van der Waals surface area contributed by atoms with Gasteiger partial charge < -0.3 is 9.47 Å². The Morgan fingerprint density at radius 3 is 2.55 bits per heavy atom. The predicted octanol–water partition coefficient (Wildman–Crippen LogP) is 4.39. The van der Waals surface area contributed by atoms with Crippen LogP contribution in [0.3, 0.4) is 0 Å². The lowest BCUT2D eigenvalue weighted by Crippen LogP contribution is -2.44. The Morgan fingerprint density at radius 1 is 1.14 bits per heavy atom. The number of hydrogen-bond donors (Lipinski definition) is 0. The fraction of sp³-hybridized carbons (Fsp3) is 0.542. The molecule has 1 heterocycles. The van der Waals surface area contributed by atoms with Gasteiger partial charge >= 0.3 is 5.97 Å². The molecule has 5 heteroatoms. The number of Topliss-reactive ketones (excluding diaryl/α,β-unsaturated/α-hetero) is 1. The van der Waals surface area contributed by atoms with Gasteiger partial charge in [-0.15, -0.1) is 0 Å². The topological polar surface area (TPSA) is 65.0 Å². The number of carbonyl (C=O) groups is 2. The highest BCUT2D eigenvalue weighted by Crippen LogP contribution is 2.47. The van der Waals surface area contributed by atoms with E-state index in [0.29, 0.717) is 30.9 Å². The summed E-state index contributed by atoms with van der Waals surface area (Å²) in [6.07, 6.45) is 1.25. The van der Waals surface area contributed by atoms with Crippen LogP contribution in [0.2, 0.25) is 0 Å². The van der Waals surface area contributed by atoms with Gasteiger partial charge in [0, 0.05) is 30.4 Å². The van der Waals surface area contributed by atoms with Crippen molar-refractivity contribution in [1.29, 1.82) is 0 Å². The maximum atomic E-state index is 13.2. The van der Waals surface area contributed by atoms with E-state index >= 15 is 0 Å². The summed E-state index contributed by atoms with van der Waals surface area (Å²) in [6, 6.07) is 7.96. The van der Waals surface area contributed by atoms with E-state index in [-0.39, 0.29) is 23.7 Å². The number of rotatable bonds is 6. The molecule has 0 bridgehead atoms. The number of ketones is 1. The Hall–Kier alpha value is -2.27. The highest BCUT2D eigenvalue weighted by molar-refractivity contribution is 6.12. The number of aliphatic imine (C=N–C) groups is 1. The molecule has 3 rings (SSSR count). The second-order valence-electron chi connectivity index (χ2n) is 8.73. The molecule has 0 saturated heterocycles. The highest BCUT2D eigenvalue weighted by atomic mass is 16.6. The summed E-state index contributed by atoms with van der Waals surface area (Å²) in [7, 11) is 0. The summed E-state index contributed by atoms with van der Waals surface area (Å²) in [6.45, 7) is 11.1. The third-order valence-corrected chi connectivity index (χ3v) is 5.77. The Bertz CT molecular complexity index is 865. The first kappa shape index (κ1) is 21.4. The van der Waals surface area contributed by atoms with Crippen LogP contribution in [0.1, 0.15) is 57.6 Å². The molecule has 0 N–H and O–H groups in total. The number of nitrogens with zero attached hydrogens (tertiary/aromatic N) is 1. The van der Waals surface area contributed by atoms with Crippen molar-refractivity contribution in [2.24, 2.45) is 16.3 Å². The molecule has 1 aromatic rings. The van der Waals surface area contributed by atoms with Crippen LogP contribution < -0.4 is 0 Å². The zero-order valence-electron chi connectivity index (χ0n) is 18.1. The summed E-state index contributed by atoms with van der Waals surface area (Å²) in [5, 5.41) is 0. The number of benzene rings is 1. The van der Waals surface area contributed by atoms with Crippen LogP contribution >= 0.6 is 0 Å². The van der Waals surface area contributed by atoms with Gasteiger partial charge in [-0.25, -0.2) is 4.79 Å². The second-order valence-corrected chi connectivity index (χ2v) is 8.73. The van der Waals surface area contributed by atoms with E-state index in [1.54, 1.807) is 0 Å². The molecule has 1 fully saturated rings. The third-order valence-electron chi connectivity index (χ3n) is 5.77. The highest BCUT2D eigenvalue weighted by Gasteiger charge is 2.47. The standard InChI is InChI=1S/C24H31NO4/c1-6-28-11-12-29-23(27)20-16(3)25-18-13-24(4,5)14-19(26)22(18)21(20)17-10-8-7-9-15(17)2/h7-10,21-22H,6,11-14H2,1-5H3/t21-,22-/m0/s1. The zero-order valence-corrected chi connectivity index (χ0v) is 18.1. The van der Waals surface area contributed by atoms with E-state index in [1.165, 1.54) is 0 Å². The van der Waals surface area contributed by atoms with E-state index in [2.05, 4.69) is 13.8 Å². The van der Waals surface area contributed by atoms with Crippen molar-refractivity contribution in [3.05, 3.63) is 46.7 Å². The van der Waals surface area contributed by atoms with Crippen LogP contribution in [0, 0.1) is 18.3 Å². The van der Waals surface area contributed by atoms with Crippen molar-refractivity contribution in [3.8, 4) is 0 Å². The van der Waals surface area contributed by atoms with Gasteiger partial charge in [0.25, 0.3) is 0 Å². The van der Waals surface area contributed by atoms with Crippen LogP contribution in [0.4, 0.5) is 0 Å². The number of ether oxygens (including phenoxy) is 2. The fourth-order valence-corrected chi connectivity index (χ4v) is 4.55. The molecule has 0 radical (unpaired) electrons. The SMILES string of the molecule is CCOCCOC(=O)C1=C(C)N=C2CC(C)(C)CC(=O)[C@H]2[C@H]1c1ccccc1C. The Balaban J connectivity index is 2.05. The van der Waals surface area contributed by atoms with Crippen LogP contribution in [0.25, 0.3) is 0 Å². The first-order valence-corrected chi connectivity index (χ1v) is 10.4. The molecule has 2 atom stereocenters. The average Bonchev–Trinajstić information content (AvgIpc) is 2.63. The molecule has 156 valence electrons. The number of aryl methyl sites for hydroxylation is 1. The van der Waals surface area contributed by atoms with Crippen LogP contribution in [0.5, 0.6) is 0 Å². The first-order chi connectivity index (χ1) is 13.7. The Labute approximate surface area is 173 Å². The third kappa shape index (κ3) is 4.50. The van der Waals surface area contributed by atoms with Crippen molar-refractivity contribution in [2.75, 3.05) is 19.8 Å². The van der Waals surface area contributed by atoms with Gasteiger partial charge in [0.1, 0.15) is 12.4 Å². The number of hydrogen-bond acceptors (Lipinski definition) is 5. The van der Waals surface area contributed by atoms with Gasteiger partial charge in [-0.2, -0.15) is 0 Å². The van der Waals surface area contributed by atoms with E-state index in [4.69, 9.17) is 14.5 Å². The molecule has 1 aromatic carbocycles. The van der Waals surface area contributed by atoms with Crippen molar-refractivity contribution < 1.29 is 19.1 Å². The Kier molecular flexibility index (Phi) is 6.37. The van der Waals surface area contributed by atoms with Crippen molar-refractivity contribution in [3.63, 3.8) is 0 Å². The lowest BCUT2D eigenvalue weighted by atomic mass is 9.63. The van der Waals surface area contributed by atoms with Gasteiger partial charge in [-0.3, -0.25) is 9.79 Å². The molecule has 0 aromatic heterocycles. The van der Waals surface area contributed by atoms with Gasteiger partial charge in [-0.05, 0) is 43.7 Å². The van der Waals surface area contributed by atoms with E-state index in [0.717, 1.165) is 23.3 Å². The predicted molar refractivity (Wildman–Crippen MR) is 113 cm³/mol. The molecule has 5 nitrogen and oxygen atoms in total. The smallest absolute Gasteiger partial charge is 0.336 e. The van der Waals surface area contributed by atoms with Crippen LogP contribution in [-0.4, -0.2) is 37.3 Å². The molecule has 1 saturated carbocycles. The monoisotopic (exact) mass is 397 g/mol. The first-order valence-electron chi connectivity index (χ1n) is 10.4. The summed E-state index contributed by atoms with van der Waals surface area (Å²) in [5.74, 6) is -1.01. The van der Waals surface area contributed by atoms with E-state index in [1.807, 2.05) is 45.0 Å². The molecular formula is C24H31NO4. The van der Waals surface area contributed by atoms with Crippen molar-refractivity contribution in [2.45, 2.75) is 53.4 Å². The van der Waals surface area contributed by atoms with Crippen molar-refractivity contribution >= 4 is 17.5 Å². The normalized spacial score (nSPS) is 23.5. The van der Waals surface area contributed by atoms with Crippen molar-refractivity contribution in [1.82, 2.24) is 0 Å². The minimum absolute atomic E-state index is 0.113. The number of esters is 1. The number of allylic oxidation sites excluding steroid dienone is 1. The summed E-state index contributed by atoms with van der Waals surface area (Å²) in [4.78, 5) is 31.0. The van der Waals surface area contributed by atoms with E-state index in [9.17, 15) is 9.59 Å². The molecule has 1 aliphatic heterocycles. The van der Waals surface area contributed by atoms with Gasteiger partial charge in [0.2, 0.25) is 0 Å². The zero-order chi connectivity index (χ0) is 21.2. The minimum atomic E-state index is -0.407. The lowest BCUT2D eigenvalue weighted by molar-refractivity contribution is -0.141. The lowest BCUT2D eigenvalue weighted by Gasteiger charge is -2.41. The van der Waals surface area contributed by atoms with Crippen LogP contribution in [-0.2, 0) is 19.1 Å². The quantitative estimate of drug-likeness (QED) is 0.527. The Morgan fingerprint density at radius 2 is 1.86 bits per heavy atom. The molecule has 0 unspecified atom stereocenters. The van der Waals surface area contributed by atoms with Gasteiger partial charge in [0.05, 0.1) is 18.1 Å². The van der Waals surface area contributed by atoms with E-state index < -0.39 is 11.9 Å². The average molecular weight is 398 g/mol. The molecular weight excluding hydrogens is 366 g/mol. The largest absolute Gasteiger partial charge is 0.460 e. The molecule has 29 heavy (non-hydrogen) atoms. The molecule has 2 aliphatic rings. The number of carbonyl (C=O) groups excluding carboxylic acids is 2. The molecule has 1 aliphatic carbocycles. The van der Waals surface area contributed by atoms with Gasteiger partial charge in [0.15, 0.2) is 0 Å². The van der Waals surface area contributed by atoms with Crippen LogP contribution in [0.15, 0.2) is 40.5 Å². The maximum absolute atomic E-state index is 13.2. The minimum Gasteiger partial charge on any atom is -0.460 e. The second kappa shape index (κ2) is 8.62. The maximum Gasteiger partial charge on any atom is 0.336 e. The summed E-state index contributed by atoms with van der Waals surface area (Å²) < 4.78 is 10.8. The molecule has 0 spiro atoms.